The summed E-state index contributed by atoms with van der Waals surface area (Å²) in [6, 6.07) is 14.6. The van der Waals surface area contributed by atoms with Gasteiger partial charge in [-0.3, -0.25) is 0 Å². The van der Waals surface area contributed by atoms with Crippen LogP contribution in [0.2, 0.25) is 0 Å². The predicted molar refractivity (Wildman–Crippen MR) is 95.2 cm³/mol. The first-order valence-corrected chi connectivity index (χ1v) is 8.28. The number of aromatic nitrogens is 2. The zero-order chi connectivity index (χ0) is 14.9. The van der Waals surface area contributed by atoms with Gasteiger partial charge in [0.2, 0.25) is 0 Å². The molecule has 1 aromatic heterocycles. The third-order valence-corrected chi connectivity index (χ3v) is 4.54. The van der Waals surface area contributed by atoms with Gasteiger partial charge in [-0.05, 0) is 46.9 Å². The normalized spacial score (nSPS) is 16.9. The monoisotopic (exact) mass is 403 g/mol. The molecule has 2 heterocycles. The van der Waals surface area contributed by atoms with Crippen molar-refractivity contribution in [2.45, 2.75) is 12.5 Å². The highest BCUT2D eigenvalue weighted by Crippen LogP contribution is 2.35. The van der Waals surface area contributed by atoms with Gasteiger partial charge in [-0.1, -0.05) is 18.2 Å². The van der Waals surface area contributed by atoms with Crippen LogP contribution in [0.3, 0.4) is 0 Å². The molecule has 1 N–H and O–H groups in total. The molecule has 0 radical (unpaired) electrons. The fourth-order valence-electron chi connectivity index (χ4n) is 2.80. The summed E-state index contributed by atoms with van der Waals surface area (Å²) in [5.41, 5.74) is 2.14. The summed E-state index contributed by atoms with van der Waals surface area (Å²) in [6.07, 6.45) is 2.54. The number of fused-ring (bicyclic) bond motifs is 2. The number of anilines is 1. The lowest BCUT2D eigenvalue weighted by Crippen LogP contribution is -2.20. The minimum absolute atomic E-state index is 0.209. The van der Waals surface area contributed by atoms with Crippen LogP contribution in [-0.2, 0) is 0 Å². The molecule has 4 nitrogen and oxygen atoms in total. The van der Waals surface area contributed by atoms with Crippen LogP contribution in [0.1, 0.15) is 18.0 Å². The minimum Gasteiger partial charge on any atom is -0.493 e. The number of para-hydroxylation sites is 1. The Labute approximate surface area is 142 Å². The van der Waals surface area contributed by atoms with Crippen LogP contribution in [0.15, 0.2) is 48.8 Å². The maximum absolute atomic E-state index is 5.72. The molecule has 5 heteroatoms. The topological polar surface area (TPSA) is 47.0 Å². The fraction of sp³-hybridized carbons (Fsp3) is 0.176. The van der Waals surface area contributed by atoms with E-state index in [1.807, 2.05) is 24.3 Å². The molecule has 1 unspecified atom stereocenters. The molecule has 0 bridgehead atoms. The highest BCUT2D eigenvalue weighted by molar-refractivity contribution is 14.1. The highest BCUT2D eigenvalue weighted by Gasteiger charge is 2.21. The van der Waals surface area contributed by atoms with Gasteiger partial charge in [-0.15, -0.1) is 0 Å². The highest BCUT2D eigenvalue weighted by atomic mass is 127. The molecular weight excluding hydrogens is 389 g/mol. The van der Waals surface area contributed by atoms with E-state index >= 15 is 0 Å². The van der Waals surface area contributed by atoms with Gasteiger partial charge >= 0.3 is 0 Å². The maximum atomic E-state index is 5.72. The molecule has 3 aromatic rings. The summed E-state index contributed by atoms with van der Waals surface area (Å²) in [4.78, 5) is 8.79. The first-order chi connectivity index (χ1) is 10.8. The summed E-state index contributed by atoms with van der Waals surface area (Å²) in [7, 11) is 0. The molecule has 0 spiro atoms. The van der Waals surface area contributed by atoms with Gasteiger partial charge in [0.25, 0.3) is 0 Å². The van der Waals surface area contributed by atoms with E-state index in [0.29, 0.717) is 0 Å². The van der Waals surface area contributed by atoms with Crippen LogP contribution in [-0.4, -0.2) is 16.6 Å². The molecule has 0 amide bonds. The molecule has 0 fully saturated rings. The SMILES string of the molecule is Ic1ccc2ncnc(NC3CCOc4ccccc43)c2c1. The number of benzene rings is 2. The van der Waals surface area contributed by atoms with Crippen molar-refractivity contribution in [3.8, 4) is 5.75 Å². The summed E-state index contributed by atoms with van der Waals surface area (Å²) >= 11 is 2.31. The fourth-order valence-corrected chi connectivity index (χ4v) is 3.29. The molecule has 1 atom stereocenters. The Balaban J connectivity index is 1.74. The largest absolute Gasteiger partial charge is 0.493 e. The molecule has 0 saturated heterocycles. The standard InChI is InChI=1S/C17H14IN3O/c18-11-5-6-14-13(9-11)17(20-10-19-14)21-15-7-8-22-16-4-2-1-3-12(15)16/h1-6,9-10,15H,7-8H2,(H,19,20,21). The first-order valence-electron chi connectivity index (χ1n) is 7.20. The molecule has 1 aliphatic heterocycles. The number of rotatable bonds is 2. The van der Waals surface area contributed by atoms with Crippen molar-refractivity contribution in [1.82, 2.24) is 9.97 Å². The van der Waals surface area contributed by atoms with Gasteiger partial charge in [0, 0.05) is 20.9 Å². The molecule has 0 aliphatic carbocycles. The van der Waals surface area contributed by atoms with Gasteiger partial charge < -0.3 is 10.1 Å². The van der Waals surface area contributed by atoms with E-state index in [4.69, 9.17) is 4.74 Å². The van der Waals surface area contributed by atoms with Crippen LogP contribution in [0.4, 0.5) is 5.82 Å². The lowest BCUT2D eigenvalue weighted by Gasteiger charge is -2.27. The zero-order valence-corrected chi connectivity index (χ0v) is 13.9. The van der Waals surface area contributed by atoms with Crippen molar-refractivity contribution in [1.29, 1.82) is 0 Å². The third kappa shape index (κ3) is 2.49. The minimum atomic E-state index is 0.209. The lowest BCUT2D eigenvalue weighted by molar-refractivity contribution is 0.274. The molecule has 4 rings (SSSR count). The van der Waals surface area contributed by atoms with E-state index in [0.717, 1.165) is 35.5 Å². The summed E-state index contributed by atoms with van der Waals surface area (Å²) in [5, 5.41) is 4.63. The Morgan fingerprint density at radius 2 is 2.05 bits per heavy atom. The van der Waals surface area contributed by atoms with Crippen molar-refractivity contribution in [3.05, 3.63) is 57.9 Å². The van der Waals surface area contributed by atoms with Crippen LogP contribution >= 0.6 is 22.6 Å². The molecule has 1 aliphatic rings. The summed E-state index contributed by atoms with van der Waals surface area (Å²) in [6.45, 7) is 0.717. The van der Waals surface area contributed by atoms with Crippen LogP contribution in [0.25, 0.3) is 10.9 Å². The van der Waals surface area contributed by atoms with E-state index in [9.17, 15) is 0 Å². The predicted octanol–water partition coefficient (Wildman–Crippen LogP) is 4.17. The number of hydrogen-bond donors (Lipinski definition) is 1. The van der Waals surface area contributed by atoms with E-state index < -0.39 is 0 Å². The van der Waals surface area contributed by atoms with Gasteiger partial charge in [0.05, 0.1) is 18.2 Å². The Bertz CT molecular complexity index is 837. The van der Waals surface area contributed by atoms with Crippen molar-refractivity contribution >= 4 is 39.3 Å². The smallest absolute Gasteiger partial charge is 0.137 e. The van der Waals surface area contributed by atoms with Crippen molar-refractivity contribution in [2.75, 3.05) is 11.9 Å². The van der Waals surface area contributed by atoms with Crippen LogP contribution in [0, 0.1) is 3.57 Å². The molecule has 2 aromatic carbocycles. The van der Waals surface area contributed by atoms with Crippen LogP contribution in [0.5, 0.6) is 5.75 Å². The van der Waals surface area contributed by atoms with Crippen molar-refractivity contribution < 1.29 is 4.74 Å². The van der Waals surface area contributed by atoms with Crippen molar-refractivity contribution in [3.63, 3.8) is 0 Å². The summed E-state index contributed by atoms with van der Waals surface area (Å²) < 4.78 is 6.90. The second-order valence-electron chi connectivity index (χ2n) is 5.26. The molecule has 0 saturated carbocycles. The van der Waals surface area contributed by atoms with Crippen LogP contribution < -0.4 is 10.1 Å². The van der Waals surface area contributed by atoms with E-state index in [1.54, 1.807) is 6.33 Å². The quantitative estimate of drug-likeness (QED) is 0.653. The second kappa shape index (κ2) is 5.72. The molecule has 22 heavy (non-hydrogen) atoms. The Morgan fingerprint density at radius 3 is 3.00 bits per heavy atom. The van der Waals surface area contributed by atoms with Gasteiger partial charge in [-0.2, -0.15) is 0 Å². The first kappa shape index (κ1) is 13.8. The zero-order valence-electron chi connectivity index (χ0n) is 11.8. The Kier molecular flexibility index (Phi) is 3.57. The van der Waals surface area contributed by atoms with Crippen molar-refractivity contribution in [2.24, 2.45) is 0 Å². The lowest BCUT2D eigenvalue weighted by atomic mass is 10.0. The molecular formula is C17H14IN3O. The average Bonchev–Trinajstić information content (AvgIpc) is 2.56. The van der Waals surface area contributed by atoms with Gasteiger partial charge in [-0.25, -0.2) is 9.97 Å². The number of nitrogens with zero attached hydrogens (tertiary/aromatic N) is 2. The molecule has 110 valence electrons. The number of ether oxygens (including phenoxy) is 1. The maximum Gasteiger partial charge on any atom is 0.137 e. The summed E-state index contributed by atoms with van der Waals surface area (Å²) in [5.74, 6) is 1.84. The van der Waals surface area contributed by atoms with E-state index in [2.05, 4.69) is 56.1 Å². The number of halogens is 1. The van der Waals surface area contributed by atoms with Gasteiger partial charge in [0.1, 0.15) is 17.9 Å². The van der Waals surface area contributed by atoms with E-state index in [-0.39, 0.29) is 6.04 Å². The number of hydrogen-bond acceptors (Lipinski definition) is 4. The third-order valence-electron chi connectivity index (χ3n) is 3.87. The van der Waals surface area contributed by atoms with Gasteiger partial charge in [0.15, 0.2) is 0 Å². The second-order valence-corrected chi connectivity index (χ2v) is 6.50. The van der Waals surface area contributed by atoms with E-state index in [1.165, 1.54) is 9.13 Å². The number of nitrogens with one attached hydrogen (secondary N) is 1. The average molecular weight is 403 g/mol. The Morgan fingerprint density at radius 1 is 1.14 bits per heavy atom. The Hall–Kier alpha value is -1.89.